The number of benzene rings is 2. The monoisotopic (exact) mass is 368 g/mol. The lowest BCUT2D eigenvalue weighted by atomic mass is 9.99. The number of halogens is 1. The molecular formula is C21H21FN2OS. The second kappa shape index (κ2) is 7.46. The van der Waals surface area contributed by atoms with Crippen molar-refractivity contribution in [3.8, 4) is 0 Å². The molecule has 1 saturated heterocycles. The van der Waals surface area contributed by atoms with Crippen LogP contribution in [0.25, 0.3) is 6.08 Å². The van der Waals surface area contributed by atoms with Gasteiger partial charge in [-0.05, 0) is 86.5 Å². The normalized spacial score (nSPS) is 17.6. The van der Waals surface area contributed by atoms with Crippen molar-refractivity contribution < 1.29 is 9.18 Å². The third kappa shape index (κ3) is 3.73. The molecule has 0 unspecified atom stereocenters. The molecule has 0 aromatic heterocycles. The number of amidine groups is 1. The predicted molar refractivity (Wildman–Crippen MR) is 107 cm³/mol. The van der Waals surface area contributed by atoms with E-state index in [4.69, 9.17) is 0 Å². The van der Waals surface area contributed by atoms with Crippen molar-refractivity contribution in [2.45, 2.75) is 27.7 Å². The largest absolute Gasteiger partial charge is 0.287 e. The number of amides is 1. The molecule has 0 aliphatic carbocycles. The first-order chi connectivity index (χ1) is 12.4. The first-order valence-corrected chi connectivity index (χ1v) is 9.34. The van der Waals surface area contributed by atoms with Gasteiger partial charge in [0.05, 0.1) is 10.6 Å². The fraction of sp³-hybridized carbons (Fsp3) is 0.238. The minimum Gasteiger partial charge on any atom is -0.287 e. The van der Waals surface area contributed by atoms with Gasteiger partial charge in [0.25, 0.3) is 5.91 Å². The molecule has 0 radical (unpaired) electrons. The van der Waals surface area contributed by atoms with Crippen molar-refractivity contribution in [1.82, 2.24) is 4.90 Å². The number of likely N-dealkylation sites (N-methyl/N-ethyl adjacent to an activating group) is 1. The van der Waals surface area contributed by atoms with Gasteiger partial charge in [-0.2, -0.15) is 0 Å². The molecule has 2 aromatic carbocycles. The zero-order chi connectivity index (χ0) is 18.8. The van der Waals surface area contributed by atoms with E-state index in [0.717, 1.165) is 16.7 Å². The van der Waals surface area contributed by atoms with Crippen LogP contribution >= 0.6 is 11.8 Å². The van der Waals surface area contributed by atoms with Gasteiger partial charge in [0, 0.05) is 6.54 Å². The van der Waals surface area contributed by atoms with Crippen LogP contribution in [0.4, 0.5) is 10.1 Å². The van der Waals surface area contributed by atoms with Crippen LogP contribution < -0.4 is 0 Å². The van der Waals surface area contributed by atoms with Crippen molar-refractivity contribution in [3.05, 3.63) is 69.4 Å². The molecule has 1 aliphatic heterocycles. The Balaban J connectivity index is 1.98. The summed E-state index contributed by atoms with van der Waals surface area (Å²) in [6.45, 7) is 8.64. The van der Waals surface area contributed by atoms with E-state index in [9.17, 15) is 9.18 Å². The molecule has 0 atom stereocenters. The Morgan fingerprint density at radius 2 is 1.73 bits per heavy atom. The average molecular weight is 368 g/mol. The minimum absolute atomic E-state index is 0.0438. The third-order valence-electron chi connectivity index (χ3n) is 4.27. The van der Waals surface area contributed by atoms with Crippen LogP contribution in [0.1, 0.15) is 29.2 Å². The summed E-state index contributed by atoms with van der Waals surface area (Å²) in [4.78, 5) is 19.6. The Labute approximate surface area is 157 Å². The van der Waals surface area contributed by atoms with Crippen LogP contribution in [-0.2, 0) is 4.79 Å². The van der Waals surface area contributed by atoms with E-state index < -0.39 is 0 Å². The number of thioether (sulfide) groups is 1. The summed E-state index contributed by atoms with van der Waals surface area (Å²) < 4.78 is 13.1. The molecule has 1 heterocycles. The molecule has 3 nitrogen and oxygen atoms in total. The van der Waals surface area contributed by atoms with Gasteiger partial charge in [-0.25, -0.2) is 9.38 Å². The van der Waals surface area contributed by atoms with Crippen LogP contribution in [-0.4, -0.2) is 22.5 Å². The van der Waals surface area contributed by atoms with Crippen molar-refractivity contribution in [1.29, 1.82) is 0 Å². The molecule has 1 amide bonds. The van der Waals surface area contributed by atoms with E-state index in [1.54, 1.807) is 17.0 Å². The molecule has 2 aromatic rings. The highest BCUT2D eigenvalue weighted by molar-refractivity contribution is 8.18. The Morgan fingerprint density at radius 1 is 1.12 bits per heavy atom. The quantitative estimate of drug-likeness (QED) is 0.682. The van der Waals surface area contributed by atoms with Crippen molar-refractivity contribution in [3.63, 3.8) is 0 Å². The summed E-state index contributed by atoms with van der Waals surface area (Å²) in [6.07, 6.45) is 1.95. The molecular weight excluding hydrogens is 347 g/mol. The molecule has 26 heavy (non-hydrogen) atoms. The lowest BCUT2D eigenvalue weighted by molar-refractivity contribution is -0.122. The standard InChI is InChI=1S/C21H21FN2OS/c1-5-24-20(25)19(12-18-14(3)10-13(2)11-15(18)4)26-21(24)23-17-8-6-16(22)7-9-17/h6-12H,5H2,1-4H3/b19-12+,23-21?. The van der Waals surface area contributed by atoms with E-state index in [1.165, 1.54) is 29.5 Å². The molecule has 0 spiro atoms. The SMILES string of the molecule is CCN1C(=O)/C(=C\c2c(C)cc(C)cc2C)SC1=Nc1ccc(F)cc1. The second-order valence-electron chi connectivity index (χ2n) is 6.34. The van der Waals surface area contributed by atoms with Crippen LogP contribution in [0.2, 0.25) is 0 Å². The summed E-state index contributed by atoms with van der Waals surface area (Å²) >= 11 is 1.36. The van der Waals surface area contributed by atoms with Gasteiger partial charge >= 0.3 is 0 Å². The highest BCUT2D eigenvalue weighted by Crippen LogP contribution is 2.35. The summed E-state index contributed by atoms with van der Waals surface area (Å²) in [5.74, 6) is -0.347. The molecule has 0 N–H and O–H groups in total. The number of rotatable bonds is 3. The number of hydrogen-bond acceptors (Lipinski definition) is 3. The highest BCUT2D eigenvalue weighted by atomic mass is 32.2. The maximum Gasteiger partial charge on any atom is 0.266 e. The fourth-order valence-electron chi connectivity index (χ4n) is 3.05. The molecule has 1 aliphatic rings. The molecule has 3 rings (SSSR count). The van der Waals surface area contributed by atoms with E-state index in [1.807, 2.05) is 13.0 Å². The number of aryl methyl sites for hydroxylation is 3. The Bertz CT molecular complexity index is 893. The second-order valence-corrected chi connectivity index (χ2v) is 7.35. The Kier molecular flexibility index (Phi) is 5.28. The van der Waals surface area contributed by atoms with Gasteiger partial charge in [-0.15, -0.1) is 0 Å². The van der Waals surface area contributed by atoms with Gasteiger partial charge in [0.1, 0.15) is 5.82 Å². The smallest absolute Gasteiger partial charge is 0.266 e. The Hall–Kier alpha value is -2.40. The van der Waals surface area contributed by atoms with Gasteiger partial charge in [-0.1, -0.05) is 17.7 Å². The van der Waals surface area contributed by atoms with Gasteiger partial charge in [0.15, 0.2) is 5.17 Å². The Morgan fingerprint density at radius 3 is 2.31 bits per heavy atom. The lowest BCUT2D eigenvalue weighted by Crippen LogP contribution is -2.28. The topological polar surface area (TPSA) is 32.7 Å². The fourth-order valence-corrected chi connectivity index (χ4v) is 4.09. The summed E-state index contributed by atoms with van der Waals surface area (Å²) in [5.41, 5.74) is 5.21. The van der Waals surface area contributed by atoms with Crippen molar-refractivity contribution in [2.75, 3.05) is 6.54 Å². The van der Waals surface area contributed by atoms with Gasteiger partial charge < -0.3 is 0 Å². The number of carbonyl (C=O) groups is 1. The van der Waals surface area contributed by atoms with Gasteiger partial charge in [0.2, 0.25) is 0 Å². The molecule has 1 fully saturated rings. The molecule has 134 valence electrons. The molecule has 0 saturated carbocycles. The van der Waals surface area contributed by atoms with E-state index >= 15 is 0 Å². The van der Waals surface area contributed by atoms with E-state index in [2.05, 4.69) is 37.9 Å². The van der Waals surface area contributed by atoms with Crippen LogP contribution in [0.15, 0.2) is 46.3 Å². The van der Waals surface area contributed by atoms with E-state index in [-0.39, 0.29) is 11.7 Å². The minimum atomic E-state index is -0.303. The summed E-state index contributed by atoms with van der Waals surface area (Å²) in [7, 11) is 0. The average Bonchev–Trinajstić information content (AvgIpc) is 2.87. The first kappa shape index (κ1) is 18.4. The zero-order valence-electron chi connectivity index (χ0n) is 15.3. The van der Waals surface area contributed by atoms with Gasteiger partial charge in [-0.3, -0.25) is 9.69 Å². The molecule has 5 heteroatoms. The predicted octanol–water partition coefficient (Wildman–Crippen LogP) is 5.37. The lowest BCUT2D eigenvalue weighted by Gasteiger charge is -2.12. The summed E-state index contributed by atoms with van der Waals surface area (Å²) in [6, 6.07) is 10.2. The zero-order valence-corrected chi connectivity index (χ0v) is 16.2. The number of nitrogens with zero attached hydrogens (tertiary/aromatic N) is 2. The molecule has 0 bridgehead atoms. The number of aliphatic imine (C=N–C) groups is 1. The number of carbonyl (C=O) groups excluding carboxylic acids is 1. The first-order valence-electron chi connectivity index (χ1n) is 8.52. The van der Waals surface area contributed by atoms with Crippen molar-refractivity contribution >= 4 is 34.6 Å². The van der Waals surface area contributed by atoms with E-state index in [0.29, 0.717) is 22.3 Å². The van der Waals surface area contributed by atoms with Crippen molar-refractivity contribution in [2.24, 2.45) is 4.99 Å². The number of hydrogen-bond donors (Lipinski definition) is 0. The van der Waals surface area contributed by atoms with Crippen LogP contribution in [0.3, 0.4) is 0 Å². The van der Waals surface area contributed by atoms with Crippen LogP contribution in [0, 0.1) is 26.6 Å². The maximum absolute atomic E-state index is 13.1. The third-order valence-corrected chi connectivity index (χ3v) is 5.28. The maximum atomic E-state index is 13.1. The van der Waals surface area contributed by atoms with Crippen LogP contribution in [0.5, 0.6) is 0 Å². The highest BCUT2D eigenvalue weighted by Gasteiger charge is 2.32. The summed E-state index contributed by atoms with van der Waals surface area (Å²) in [5, 5.41) is 0.623.